The van der Waals surface area contributed by atoms with E-state index in [1.54, 1.807) is 0 Å². The molecule has 0 saturated carbocycles. The van der Waals surface area contributed by atoms with E-state index in [4.69, 9.17) is 15.0 Å². The van der Waals surface area contributed by atoms with Gasteiger partial charge in [-0.05, 0) is 25.9 Å². The summed E-state index contributed by atoms with van der Waals surface area (Å²) < 4.78 is 0. The zero-order valence-corrected chi connectivity index (χ0v) is 7.62. The lowest BCUT2D eigenvalue weighted by molar-refractivity contribution is -0.142. The summed E-state index contributed by atoms with van der Waals surface area (Å²) in [6, 6.07) is 0. The highest BCUT2D eigenvalue weighted by Crippen LogP contribution is 2.10. The van der Waals surface area contributed by atoms with Crippen LogP contribution in [-0.4, -0.2) is 35.2 Å². The Morgan fingerprint density at radius 1 is 1.23 bits per heavy atom. The zero-order chi connectivity index (χ0) is 10.3. The Labute approximate surface area is 76.8 Å². The highest BCUT2D eigenvalue weighted by molar-refractivity contribution is 5.70. The van der Waals surface area contributed by atoms with Gasteiger partial charge in [0.05, 0.1) is 5.92 Å². The van der Waals surface area contributed by atoms with Crippen LogP contribution in [0, 0.1) is 5.92 Å². The molecule has 0 atom stereocenters. The highest BCUT2D eigenvalue weighted by Gasteiger charge is 2.18. The SMILES string of the molecule is CC(=O)O.O=C(O)C1CCNCC1. The molecule has 1 heterocycles. The Morgan fingerprint density at radius 3 is 1.85 bits per heavy atom. The molecule has 0 radical (unpaired) electrons. The predicted octanol–water partition coefficient (Wildman–Crippen LogP) is 0.161. The summed E-state index contributed by atoms with van der Waals surface area (Å²) in [6.07, 6.45) is 1.57. The first kappa shape index (κ1) is 11.9. The number of carboxylic acids is 2. The fourth-order valence-corrected chi connectivity index (χ4v) is 1.07. The van der Waals surface area contributed by atoms with Crippen molar-refractivity contribution < 1.29 is 19.8 Å². The molecule has 1 aliphatic rings. The van der Waals surface area contributed by atoms with Gasteiger partial charge in [0, 0.05) is 6.92 Å². The number of hydrogen-bond acceptors (Lipinski definition) is 3. The molecule has 3 N–H and O–H groups in total. The molecule has 13 heavy (non-hydrogen) atoms. The van der Waals surface area contributed by atoms with Crippen LogP contribution in [0.3, 0.4) is 0 Å². The van der Waals surface area contributed by atoms with Crippen LogP contribution in [0.1, 0.15) is 19.8 Å². The molecule has 0 spiro atoms. The van der Waals surface area contributed by atoms with Crippen molar-refractivity contribution in [3.8, 4) is 0 Å². The van der Waals surface area contributed by atoms with Crippen LogP contribution in [-0.2, 0) is 9.59 Å². The largest absolute Gasteiger partial charge is 0.481 e. The Balaban J connectivity index is 0.000000310. The summed E-state index contributed by atoms with van der Waals surface area (Å²) in [5.74, 6) is -1.57. The molecule has 5 heteroatoms. The van der Waals surface area contributed by atoms with Gasteiger partial charge in [-0.2, -0.15) is 0 Å². The maximum absolute atomic E-state index is 10.3. The molecule has 1 rings (SSSR count). The first-order valence-corrected chi connectivity index (χ1v) is 4.17. The van der Waals surface area contributed by atoms with E-state index in [2.05, 4.69) is 5.32 Å². The lowest BCUT2D eigenvalue weighted by Gasteiger charge is -2.17. The van der Waals surface area contributed by atoms with Gasteiger partial charge in [0.2, 0.25) is 0 Å². The number of rotatable bonds is 1. The lowest BCUT2D eigenvalue weighted by Crippen LogP contribution is -2.31. The van der Waals surface area contributed by atoms with Crippen molar-refractivity contribution in [1.82, 2.24) is 5.32 Å². The fourth-order valence-electron chi connectivity index (χ4n) is 1.07. The molecular formula is C8H15NO4. The summed E-state index contributed by atoms with van der Waals surface area (Å²) in [5.41, 5.74) is 0. The van der Waals surface area contributed by atoms with Gasteiger partial charge >= 0.3 is 5.97 Å². The van der Waals surface area contributed by atoms with E-state index in [-0.39, 0.29) is 5.92 Å². The monoisotopic (exact) mass is 189 g/mol. The van der Waals surface area contributed by atoms with Gasteiger partial charge < -0.3 is 15.5 Å². The molecule has 76 valence electrons. The summed E-state index contributed by atoms with van der Waals surface area (Å²) >= 11 is 0. The minimum atomic E-state index is -0.833. The van der Waals surface area contributed by atoms with Gasteiger partial charge in [-0.25, -0.2) is 0 Å². The van der Waals surface area contributed by atoms with Crippen molar-refractivity contribution in [3.05, 3.63) is 0 Å². The summed E-state index contributed by atoms with van der Waals surface area (Å²) in [7, 11) is 0. The van der Waals surface area contributed by atoms with Crippen LogP contribution in [0.25, 0.3) is 0 Å². The van der Waals surface area contributed by atoms with Crippen LogP contribution in [0.2, 0.25) is 0 Å². The van der Waals surface area contributed by atoms with Crippen LogP contribution in [0.5, 0.6) is 0 Å². The van der Waals surface area contributed by atoms with Crippen LogP contribution >= 0.6 is 0 Å². The first-order valence-electron chi connectivity index (χ1n) is 4.17. The van der Waals surface area contributed by atoms with Crippen molar-refractivity contribution >= 4 is 11.9 Å². The second-order valence-electron chi connectivity index (χ2n) is 2.88. The van der Waals surface area contributed by atoms with Crippen molar-refractivity contribution in [2.24, 2.45) is 5.92 Å². The molecule has 0 bridgehead atoms. The Morgan fingerprint density at radius 2 is 1.62 bits per heavy atom. The van der Waals surface area contributed by atoms with E-state index in [0.717, 1.165) is 32.9 Å². The third-order valence-electron chi connectivity index (χ3n) is 1.69. The van der Waals surface area contributed by atoms with E-state index < -0.39 is 11.9 Å². The van der Waals surface area contributed by atoms with Crippen LogP contribution in [0.15, 0.2) is 0 Å². The summed E-state index contributed by atoms with van der Waals surface area (Å²) in [6.45, 7) is 2.80. The number of hydrogen-bond donors (Lipinski definition) is 3. The van der Waals surface area contributed by atoms with E-state index in [1.165, 1.54) is 0 Å². The van der Waals surface area contributed by atoms with Gasteiger partial charge in [-0.1, -0.05) is 0 Å². The smallest absolute Gasteiger partial charge is 0.306 e. The Kier molecular flexibility index (Phi) is 5.88. The lowest BCUT2D eigenvalue weighted by atomic mass is 9.99. The number of nitrogens with one attached hydrogen (secondary N) is 1. The van der Waals surface area contributed by atoms with E-state index in [9.17, 15) is 4.79 Å². The molecule has 5 nitrogen and oxygen atoms in total. The molecular weight excluding hydrogens is 174 g/mol. The number of piperidine rings is 1. The standard InChI is InChI=1S/C6H11NO2.C2H4O2/c8-6(9)5-1-3-7-4-2-5;1-2(3)4/h5,7H,1-4H2,(H,8,9);1H3,(H,3,4). The number of aliphatic carboxylic acids is 2. The number of carbonyl (C=O) groups is 2. The normalized spacial score (nSPS) is 17.0. The second-order valence-corrected chi connectivity index (χ2v) is 2.88. The highest BCUT2D eigenvalue weighted by atomic mass is 16.4. The quantitative estimate of drug-likeness (QED) is 0.547. The van der Waals surface area contributed by atoms with Crippen molar-refractivity contribution in [2.45, 2.75) is 19.8 Å². The molecule has 1 fully saturated rings. The van der Waals surface area contributed by atoms with Gasteiger partial charge in [0.25, 0.3) is 5.97 Å². The average molecular weight is 189 g/mol. The zero-order valence-electron chi connectivity index (χ0n) is 7.62. The van der Waals surface area contributed by atoms with Gasteiger partial charge in [0.1, 0.15) is 0 Å². The molecule has 0 aromatic carbocycles. The first-order chi connectivity index (χ1) is 6.04. The minimum absolute atomic E-state index is 0.0914. The topological polar surface area (TPSA) is 86.6 Å². The average Bonchev–Trinajstić information content (AvgIpc) is 2.05. The van der Waals surface area contributed by atoms with Gasteiger partial charge in [0.15, 0.2) is 0 Å². The number of carboxylic acid groups (broad SMARTS) is 2. The maximum atomic E-state index is 10.3. The fraction of sp³-hybridized carbons (Fsp3) is 0.750. The molecule has 1 aliphatic heterocycles. The minimum Gasteiger partial charge on any atom is -0.481 e. The van der Waals surface area contributed by atoms with Crippen molar-refractivity contribution in [3.63, 3.8) is 0 Å². The summed E-state index contributed by atoms with van der Waals surface area (Å²) in [4.78, 5) is 19.3. The van der Waals surface area contributed by atoms with E-state index in [1.807, 2.05) is 0 Å². The Bertz CT molecular complexity index is 171. The molecule has 0 aromatic heterocycles. The molecule has 0 aromatic rings. The third-order valence-corrected chi connectivity index (χ3v) is 1.69. The second kappa shape index (κ2) is 6.42. The molecule has 1 saturated heterocycles. The van der Waals surface area contributed by atoms with Gasteiger partial charge in [-0.15, -0.1) is 0 Å². The summed E-state index contributed by atoms with van der Waals surface area (Å²) in [5, 5.41) is 19.0. The van der Waals surface area contributed by atoms with E-state index in [0.29, 0.717) is 0 Å². The van der Waals surface area contributed by atoms with E-state index >= 15 is 0 Å². The molecule has 0 aliphatic carbocycles. The molecule has 0 unspecified atom stereocenters. The maximum Gasteiger partial charge on any atom is 0.306 e. The Hall–Kier alpha value is -1.10. The van der Waals surface area contributed by atoms with Crippen molar-refractivity contribution in [2.75, 3.05) is 13.1 Å². The predicted molar refractivity (Wildman–Crippen MR) is 46.5 cm³/mol. The molecule has 0 amide bonds. The third kappa shape index (κ3) is 7.27. The van der Waals surface area contributed by atoms with Crippen LogP contribution < -0.4 is 5.32 Å². The van der Waals surface area contributed by atoms with Crippen molar-refractivity contribution in [1.29, 1.82) is 0 Å². The van der Waals surface area contributed by atoms with Gasteiger partial charge in [-0.3, -0.25) is 9.59 Å². The van der Waals surface area contributed by atoms with Crippen LogP contribution in [0.4, 0.5) is 0 Å².